The number of hydrogen-bond acceptors (Lipinski definition) is 4. The van der Waals surface area contributed by atoms with Gasteiger partial charge in [0.15, 0.2) is 0 Å². The summed E-state index contributed by atoms with van der Waals surface area (Å²) in [7, 11) is 0. The smallest absolute Gasteiger partial charge is 0.122 e. The highest BCUT2D eigenvalue weighted by Gasteiger charge is 2.24. The van der Waals surface area contributed by atoms with Crippen molar-refractivity contribution in [3.8, 4) is 11.5 Å². The van der Waals surface area contributed by atoms with Crippen molar-refractivity contribution >= 4 is 5.57 Å². The van der Waals surface area contributed by atoms with Gasteiger partial charge < -0.3 is 18.9 Å². The van der Waals surface area contributed by atoms with E-state index in [1.54, 1.807) is 0 Å². The topological polar surface area (TPSA) is 43.5 Å². The fourth-order valence-electron chi connectivity index (χ4n) is 3.58. The van der Waals surface area contributed by atoms with Gasteiger partial charge in [-0.1, -0.05) is 36.4 Å². The lowest BCUT2D eigenvalue weighted by molar-refractivity contribution is 0.262. The summed E-state index contributed by atoms with van der Waals surface area (Å²) < 4.78 is 22.0. The first-order valence-corrected chi connectivity index (χ1v) is 10.3. The van der Waals surface area contributed by atoms with Crippen LogP contribution in [-0.2, 0) is 9.47 Å². The van der Waals surface area contributed by atoms with Crippen molar-refractivity contribution in [2.24, 2.45) is 0 Å². The van der Waals surface area contributed by atoms with Crippen LogP contribution in [-0.4, -0.2) is 38.6 Å². The summed E-state index contributed by atoms with van der Waals surface area (Å²) in [6, 6.07) is 14.9. The number of rotatable bonds is 8. The summed E-state index contributed by atoms with van der Waals surface area (Å²) >= 11 is 0. The Kier molecular flexibility index (Phi) is 5.13. The fraction of sp³-hybridized carbons (Fsp3) is 0.360. The van der Waals surface area contributed by atoms with E-state index in [1.807, 2.05) is 0 Å². The number of hydrogen-bond donors (Lipinski definition) is 0. The van der Waals surface area contributed by atoms with Gasteiger partial charge in [-0.2, -0.15) is 0 Å². The van der Waals surface area contributed by atoms with Gasteiger partial charge in [0, 0.05) is 5.92 Å². The van der Waals surface area contributed by atoms with E-state index in [1.165, 1.54) is 16.7 Å². The molecule has 2 heterocycles. The van der Waals surface area contributed by atoms with E-state index in [9.17, 15) is 0 Å². The van der Waals surface area contributed by atoms with Gasteiger partial charge in [0.1, 0.15) is 36.9 Å². The summed E-state index contributed by atoms with van der Waals surface area (Å²) in [6.07, 6.45) is 8.42. The van der Waals surface area contributed by atoms with E-state index < -0.39 is 0 Å². The predicted octanol–water partition coefficient (Wildman–Crippen LogP) is 4.68. The molecule has 0 spiro atoms. The molecule has 2 saturated heterocycles. The molecule has 150 valence electrons. The maximum Gasteiger partial charge on any atom is 0.122 e. The second-order valence-electron chi connectivity index (χ2n) is 7.94. The molecule has 2 aromatic carbocycles. The number of benzene rings is 2. The minimum atomic E-state index is 0.280. The van der Waals surface area contributed by atoms with E-state index in [-0.39, 0.29) is 12.2 Å². The van der Waals surface area contributed by atoms with E-state index >= 15 is 0 Å². The van der Waals surface area contributed by atoms with Crippen LogP contribution in [0.3, 0.4) is 0 Å². The van der Waals surface area contributed by atoms with E-state index in [0.29, 0.717) is 19.1 Å². The zero-order valence-corrected chi connectivity index (χ0v) is 16.7. The maximum absolute atomic E-state index is 5.84. The zero-order chi connectivity index (χ0) is 19.6. The second-order valence-corrected chi connectivity index (χ2v) is 7.94. The van der Waals surface area contributed by atoms with Crippen LogP contribution in [0.15, 0.2) is 60.7 Å². The molecule has 4 heteroatoms. The van der Waals surface area contributed by atoms with Crippen molar-refractivity contribution in [3.63, 3.8) is 0 Å². The summed E-state index contributed by atoms with van der Waals surface area (Å²) in [5.41, 5.74) is 4.98. The maximum atomic E-state index is 5.84. The van der Waals surface area contributed by atoms with Crippen LogP contribution in [0.1, 0.15) is 29.0 Å². The average molecular weight is 390 g/mol. The van der Waals surface area contributed by atoms with Gasteiger partial charge in [0.2, 0.25) is 0 Å². The highest BCUT2D eigenvalue weighted by molar-refractivity contribution is 5.76. The first-order chi connectivity index (χ1) is 14.2. The molecule has 0 saturated carbocycles. The summed E-state index contributed by atoms with van der Waals surface area (Å²) in [4.78, 5) is 0. The Morgan fingerprint density at radius 1 is 0.931 bits per heavy atom. The lowest BCUT2D eigenvalue weighted by atomic mass is 9.88. The lowest BCUT2D eigenvalue weighted by Crippen LogP contribution is -2.05. The number of epoxide rings is 2. The summed E-state index contributed by atoms with van der Waals surface area (Å²) in [5.74, 6) is 2.26. The molecule has 0 aromatic heterocycles. The van der Waals surface area contributed by atoms with Crippen molar-refractivity contribution in [3.05, 3.63) is 77.4 Å². The zero-order valence-electron chi connectivity index (χ0n) is 16.7. The number of allylic oxidation sites excluding steroid dienone is 4. The first-order valence-electron chi connectivity index (χ1n) is 10.3. The predicted molar refractivity (Wildman–Crippen MR) is 113 cm³/mol. The molecule has 0 bridgehead atoms. The quantitative estimate of drug-likeness (QED) is 0.614. The second kappa shape index (κ2) is 8.05. The molecule has 3 atom stereocenters. The Morgan fingerprint density at radius 3 is 2.28 bits per heavy atom. The third-order valence-corrected chi connectivity index (χ3v) is 5.58. The highest BCUT2D eigenvalue weighted by atomic mass is 16.6. The van der Waals surface area contributed by atoms with Crippen LogP contribution in [0.5, 0.6) is 11.5 Å². The molecular formula is C25H26O4. The van der Waals surface area contributed by atoms with Crippen molar-refractivity contribution in [2.45, 2.75) is 31.5 Å². The van der Waals surface area contributed by atoms with Crippen molar-refractivity contribution in [1.29, 1.82) is 0 Å². The molecule has 2 fully saturated rings. The van der Waals surface area contributed by atoms with E-state index in [0.717, 1.165) is 36.7 Å². The molecule has 1 aliphatic carbocycles. The molecule has 2 aromatic rings. The van der Waals surface area contributed by atoms with Gasteiger partial charge in [0.05, 0.1) is 13.2 Å². The Bertz CT molecular complexity index is 920. The van der Waals surface area contributed by atoms with Crippen LogP contribution in [0.2, 0.25) is 0 Å². The molecule has 4 nitrogen and oxygen atoms in total. The van der Waals surface area contributed by atoms with Crippen molar-refractivity contribution in [2.75, 3.05) is 26.4 Å². The molecule has 29 heavy (non-hydrogen) atoms. The monoisotopic (exact) mass is 390 g/mol. The lowest BCUT2D eigenvalue weighted by Gasteiger charge is -2.18. The van der Waals surface area contributed by atoms with Crippen LogP contribution >= 0.6 is 0 Å². The Balaban J connectivity index is 1.19. The van der Waals surface area contributed by atoms with Crippen LogP contribution in [0, 0.1) is 6.92 Å². The van der Waals surface area contributed by atoms with E-state index in [4.69, 9.17) is 18.9 Å². The molecule has 0 N–H and O–H groups in total. The molecular weight excluding hydrogens is 364 g/mol. The normalized spacial score (nSPS) is 24.7. The Hall–Kier alpha value is -2.56. The SMILES string of the molecule is Cc1cc(C2=CCC(c3ccc(OCC4CO4)cc3)C=C2)ccc1OCC1CO1. The third-order valence-electron chi connectivity index (χ3n) is 5.58. The van der Waals surface area contributed by atoms with E-state index in [2.05, 4.69) is 67.6 Å². The molecule has 3 unspecified atom stereocenters. The molecule has 5 rings (SSSR count). The van der Waals surface area contributed by atoms with Gasteiger partial charge in [-0.15, -0.1) is 0 Å². The van der Waals surface area contributed by atoms with Crippen LogP contribution in [0.4, 0.5) is 0 Å². The highest BCUT2D eigenvalue weighted by Crippen LogP contribution is 2.33. The molecule has 3 aliphatic rings. The average Bonchev–Trinajstić information content (AvgIpc) is 3.67. The Morgan fingerprint density at radius 2 is 1.66 bits per heavy atom. The van der Waals surface area contributed by atoms with Crippen molar-refractivity contribution in [1.82, 2.24) is 0 Å². The van der Waals surface area contributed by atoms with Crippen LogP contribution in [0.25, 0.3) is 5.57 Å². The summed E-state index contributed by atoms with van der Waals surface area (Å²) in [5, 5.41) is 0. The molecule has 0 amide bonds. The van der Waals surface area contributed by atoms with Crippen molar-refractivity contribution < 1.29 is 18.9 Å². The Labute approximate surface area is 171 Å². The molecule has 0 radical (unpaired) electrons. The number of aryl methyl sites for hydroxylation is 1. The first kappa shape index (κ1) is 18.5. The van der Waals surface area contributed by atoms with Gasteiger partial charge in [0.25, 0.3) is 0 Å². The van der Waals surface area contributed by atoms with Gasteiger partial charge in [-0.05, 0) is 59.9 Å². The standard InChI is InChI=1S/C25H26O4/c1-17-12-21(8-11-25(17)29-16-24-15-28-24)20-4-2-18(3-5-20)19-6-9-22(10-7-19)26-13-23-14-27-23/h2,4-12,18,23-24H,3,13-16H2,1H3. The van der Waals surface area contributed by atoms with Gasteiger partial charge in [-0.25, -0.2) is 0 Å². The van der Waals surface area contributed by atoms with Crippen LogP contribution < -0.4 is 9.47 Å². The van der Waals surface area contributed by atoms with Gasteiger partial charge in [-0.3, -0.25) is 0 Å². The van der Waals surface area contributed by atoms with Gasteiger partial charge >= 0.3 is 0 Å². The molecule has 2 aliphatic heterocycles. The minimum Gasteiger partial charge on any atom is -0.491 e. The number of ether oxygens (including phenoxy) is 4. The third kappa shape index (κ3) is 4.72. The summed E-state index contributed by atoms with van der Waals surface area (Å²) in [6.45, 7) is 5.03. The fourth-order valence-corrected chi connectivity index (χ4v) is 3.58. The largest absolute Gasteiger partial charge is 0.491 e. The minimum absolute atomic E-state index is 0.280.